The van der Waals surface area contributed by atoms with E-state index < -0.39 is 5.91 Å². The number of anilines is 1. The number of hydrogen-bond donors (Lipinski definition) is 4. The molecule has 0 aliphatic rings. The molecule has 0 spiro atoms. The molecule has 0 unspecified atom stereocenters. The molecule has 16 heavy (non-hydrogen) atoms. The van der Waals surface area contributed by atoms with Gasteiger partial charge in [-0.05, 0) is 6.07 Å². The van der Waals surface area contributed by atoms with Gasteiger partial charge in [-0.25, -0.2) is 0 Å². The van der Waals surface area contributed by atoms with Gasteiger partial charge in [-0.1, -0.05) is 0 Å². The van der Waals surface area contributed by atoms with Gasteiger partial charge in [0, 0.05) is 18.4 Å². The minimum atomic E-state index is -0.538. The van der Waals surface area contributed by atoms with Crippen LogP contribution in [0.2, 0.25) is 0 Å². The summed E-state index contributed by atoms with van der Waals surface area (Å²) in [4.78, 5) is 24.4. The minimum Gasteiger partial charge on any atom is -0.397 e. The largest absolute Gasteiger partial charge is 0.397 e. The molecule has 1 aromatic rings. The van der Waals surface area contributed by atoms with Crippen LogP contribution in [0.25, 0.3) is 0 Å². The van der Waals surface area contributed by atoms with Crippen LogP contribution in [0.3, 0.4) is 0 Å². The number of carbonyl (C=O) groups excluding carboxylic acids is 2. The van der Waals surface area contributed by atoms with Crippen molar-refractivity contribution in [1.82, 2.24) is 10.3 Å². The Morgan fingerprint density at radius 1 is 1.50 bits per heavy atom. The van der Waals surface area contributed by atoms with Crippen LogP contribution < -0.4 is 16.8 Å². The van der Waals surface area contributed by atoms with Gasteiger partial charge < -0.3 is 26.5 Å². The van der Waals surface area contributed by atoms with Gasteiger partial charge in [-0.15, -0.1) is 0 Å². The van der Waals surface area contributed by atoms with Crippen LogP contribution in [0.5, 0.6) is 0 Å². The number of hydrogen-bond acceptors (Lipinski definition) is 4. The monoisotopic (exact) mass is 226 g/mol. The average Bonchev–Trinajstić information content (AvgIpc) is 2.63. The smallest absolute Gasteiger partial charge is 0.267 e. The Kier molecular flexibility index (Phi) is 4.34. The van der Waals surface area contributed by atoms with Crippen LogP contribution in [0, 0.1) is 0 Å². The number of H-pyrrole nitrogens is 1. The molecule has 1 heterocycles. The molecule has 1 aromatic heterocycles. The first kappa shape index (κ1) is 12.1. The number of amides is 2. The lowest BCUT2D eigenvalue weighted by molar-refractivity contribution is -0.122. The summed E-state index contributed by atoms with van der Waals surface area (Å²) in [6, 6.07) is 1.53. The van der Waals surface area contributed by atoms with E-state index in [0.717, 1.165) is 0 Å². The van der Waals surface area contributed by atoms with Crippen LogP contribution in [-0.2, 0) is 9.53 Å². The lowest BCUT2D eigenvalue weighted by atomic mass is 10.4. The minimum absolute atomic E-state index is 0.147. The van der Waals surface area contributed by atoms with Gasteiger partial charge in [-0.2, -0.15) is 0 Å². The third-order valence-electron chi connectivity index (χ3n) is 1.73. The van der Waals surface area contributed by atoms with Crippen molar-refractivity contribution < 1.29 is 14.3 Å². The van der Waals surface area contributed by atoms with E-state index in [1.54, 1.807) is 0 Å². The number of carbonyl (C=O) groups is 2. The summed E-state index contributed by atoms with van der Waals surface area (Å²) in [5, 5.41) is 2.58. The number of nitrogens with two attached hydrogens (primary N) is 2. The van der Waals surface area contributed by atoms with E-state index >= 15 is 0 Å². The van der Waals surface area contributed by atoms with Gasteiger partial charge in [0.05, 0.1) is 6.61 Å². The van der Waals surface area contributed by atoms with E-state index in [-0.39, 0.29) is 19.1 Å². The molecular weight excluding hydrogens is 212 g/mol. The van der Waals surface area contributed by atoms with E-state index in [1.165, 1.54) is 12.3 Å². The van der Waals surface area contributed by atoms with Crippen molar-refractivity contribution in [2.75, 3.05) is 25.5 Å². The molecule has 6 N–H and O–H groups in total. The highest BCUT2D eigenvalue weighted by Crippen LogP contribution is 2.03. The van der Waals surface area contributed by atoms with Crippen LogP contribution >= 0.6 is 0 Å². The van der Waals surface area contributed by atoms with Crippen LogP contribution in [0.1, 0.15) is 10.5 Å². The van der Waals surface area contributed by atoms with E-state index in [1.807, 2.05) is 0 Å². The van der Waals surface area contributed by atoms with Crippen LogP contribution in [0.4, 0.5) is 5.69 Å². The van der Waals surface area contributed by atoms with Crippen molar-refractivity contribution in [3.63, 3.8) is 0 Å². The summed E-state index contributed by atoms with van der Waals surface area (Å²) in [5.41, 5.74) is 11.2. The van der Waals surface area contributed by atoms with E-state index in [9.17, 15) is 9.59 Å². The first-order valence-corrected chi connectivity index (χ1v) is 4.67. The zero-order valence-corrected chi connectivity index (χ0v) is 8.66. The summed E-state index contributed by atoms with van der Waals surface area (Å²) < 4.78 is 4.86. The van der Waals surface area contributed by atoms with E-state index in [4.69, 9.17) is 16.2 Å². The van der Waals surface area contributed by atoms with E-state index in [2.05, 4.69) is 10.3 Å². The normalized spacial score (nSPS) is 10.0. The number of rotatable bonds is 6. The molecule has 0 aliphatic heterocycles. The molecule has 1 rings (SSSR count). The molecule has 0 aliphatic carbocycles. The highest BCUT2D eigenvalue weighted by atomic mass is 16.5. The topological polar surface area (TPSA) is 123 Å². The first-order chi connectivity index (χ1) is 7.59. The fourth-order valence-electron chi connectivity index (χ4n) is 1.05. The molecule has 2 amide bonds. The quantitative estimate of drug-likeness (QED) is 0.456. The molecule has 7 nitrogen and oxygen atoms in total. The zero-order valence-electron chi connectivity index (χ0n) is 8.66. The van der Waals surface area contributed by atoms with Crippen molar-refractivity contribution in [2.24, 2.45) is 5.73 Å². The lowest BCUT2D eigenvalue weighted by Gasteiger charge is -2.03. The second-order valence-corrected chi connectivity index (χ2v) is 3.12. The summed E-state index contributed by atoms with van der Waals surface area (Å²) in [6.45, 7) is 0.376. The first-order valence-electron chi connectivity index (χ1n) is 4.67. The Morgan fingerprint density at radius 3 is 2.81 bits per heavy atom. The molecule has 0 saturated heterocycles. The number of nitrogens with one attached hydrogen (secondary N) is 2. The molecular formula is C9H14N4O3. The molecule has 0 fully saturated rings. The third-order valence-corrected chi connectivity index (χ3v) is 1.73. The maximum atomic E-state index is 11.4. The molecule has 88 valence electrons. The molecule has 0 saturated carbocycles. The summed E-state index contributed by atoms with van der Waals surface area (Å²) in [6.07, 6.45) is 1.53. The molecule has 7 heteroatoms. The van der Waals surface area contributed by atoms with Gasteiger partial charge in [0.25, 0.3) is 5.91 Å². The summed E-state index contributed by atoms with van der Waals surface area (Å²) >= 11 is 0. The fraction of sp³-hybridized carbons (Fsp3) is 0.333. The number of aromatic amines is 1. The van der Waals surface area contributed by atoms with Crippen molar-refractivity contribution >= 4 is 17.5 Å². The predicted molar refractivity (Wildman–Crippen MR) is 57.6 cm³/mol. The van der Waals surface area contributed by atoms with Crippen molar-refractivity contribution in [3.05, 3.63) is 18.0 Å². The number of primary amides is 1. The Balaban J connectivity index is 2.18. The molecule has 0 aromatic carbocycles. The van der Waals surface area contributed by atoms with Crippen molar-refractivity contribution in [3.8, 4) is 0 Å². The van der Waals surface area contributed by atoms with Gasteiger partial charge in [-0.3, -0.25) is 9.59 Å². The van der Waals surface area contributed by atoms with Gasteiger partial charge in [0.1, 0.15) is 12.3 Å². The highest BCUT2D eigenvalue weighted by molar-refractivity contribution is 5.93. The van der Waals surface area contributed by atoms with Crippen LogP contribution in [-0.4, -0.2) is 36.6 Å². The number of ether oxygens (including phenoxy) is 1. The highest BCUT2D eigenvalue weighted by Gasteiger charge is 2.06. The fourth-order valence-corrected chi connectivity index (χ4v) is 1.05. The third kappa shape index (κ3) is 4.01. The maximum absolute atomic E-state index is 11.4. The van der Waals surface area contributed by atoms with E-state index in [0.29, 0.717) is 17.9 Å². The Bertz CT molecular complexity index is 375. The maximum Gasteiger partial charge on any atom is 0.267 e. The van der Waals surface area contributed by atoms with Crippen molar-refractivity contribution in [2.45, 2.75) is 0 Å². The van der Waals surface area contributed by atoms with Gasteiger partial charge >= 0.3 is 0 Å². The standard InChI is InChI=1S/C9H14N4O3/c10-6-3-7(13-4-6)9(15)12-1-2-16-5-8(11)14/h3-4,13H,1-2,5,10H2,(H2,11,14)(H,12,15). The Morgan fingerprint density at radius 2 is 2.25 bits per heavy atom. The second kappa shape index (κ2) is 5.76. The predicted octanol–water partition coefficient (Wildman–Crippen LogP) is -1.17. The molecule has 0 radical (unpaired) electrons. The number of aromatic nitrogens is 1. The second-order valence-electron chi connectivity index (χ2n) is 3.12. The van der Waals surface area contributed by atoms with Crippen molar-refractivity contribution in [1.29, 1.82) is 0 Å². The summed E-state index contributed by atoms with van der Waals surface area (Å²) in [5.74, 6) is -0.817. The van der Waals surface area contributed by atoms with Gasteiger partial charge in [0.15, 0.2) is 0 Å². The number of nitrogen functional groups attached to an aromatic ring is 1. The Hall–Kier alpha value is -2.02. The van der Waals surface area contributed by atoms with Crippen LogP contribution in [0.15, 0.2) is 12.3 Å². The van der Waals surface area contributed by atoms with Gasteiger partial charge in [0.2, 0.25) is 5.91 Å². The Labute approximate surface area is 92.1 Å². The summed E-state index contributed by atoms with van der Waals surface area (Å²) in [7, 11) is 0. The SMILES string of the molecule is NC(=O)COCCNC(=O)c1cc(N)c[nH]1. The molecule has 0 bridgehead atoms. The average molecular weight is 226 g/mol. The molecule has 0 atom stereocenters. The lowest BCUT2D eigenvalue weighted by Crippen LogP contribution is -2.29. The zero-order chi connectivity index (χ0) is 12.0.